The second-order valence-electron chi connectivity index (χ2n) is 5.94. The number of ether oxygens (including phenoxy) is 1. The Labute approximate surface area is 112 Å². The lowest BCUT2D eigenvalue weighted by Crippen LogP contribution is -2.53. The van der Waals surface area contributed by atoms with E-state index in [1.165, 1.54) is 45.1 Å². The van der Waals surface area contributed by atoms with Crippen LogP contribution in [0.3, 0.4) is 0 Å². The minimum absolute atomic E-state index is 0.534. The molecule has 0 radical (unpaired) electrons. The minimum Gasteiger partial charge on any atom is -0.375 e. The van der Waals surface area contributed by atoms with Crippen LogP contribution in [0.1, 0.15) is 52.4 Å². The van der Waals surface area contributed by atoms with Gasteiger partial charge in [-0.25, -0.2) is 0 Å². The summed E-state index contributed by atoms with van der Waals surface area (Å²) in [5, 5.41) is 3.59. The molecule has 0 bridgehead atoms. The largest absolute Gasteiger partial charge is 0.375 e. The van der Waals surface area contributed by atoms with Gasteiger partial charge in [0.15, 0.2) is 0 Å². The predicted molar refractivity (Wildman–Crippen MR) is 75.9 cm³/mol. The number of nitrogens with one attached hydrogen (secondary N) is 1. The third kappa shape index (κ3) is 3.94. The van der Waals surface area contributed by atoms with Crippen LogP contribution in [-0.2, 0) is 4.74 Å². The molecule has 1 saturated carbocycles. The summed E-state index contributed by atoms with van der Waals surface area (Å²) in [6.07, 6.45) is 8.42. The molecule has 3 nitrogen and oxygen atoms in total. The molecular weight excluding hydrogens is 224 g/mol. The first-order chi connectivity index (χ1) is 8.81. The van der Waals surface area contributed by atoms with Gasteiger partial charge in [-0.1, -0.05) is 19.8 Å². The Kier molecular flexibility index (Phi) is 5.93. The summed E-state index contributed by atoms with van der Waals surface area (Å²) in [6, 6.07) is 1.36. The van der Waals surface area contributed by atoms with Crippen LogP contribution in [-0.4, -0.2) is 49.3 Å². The van der Waals surface area contributed by atoms with E-state index >= 15 is 0 Å². The molecule has 2 aliphatic rings. The summed E-state index contributed by atoms with van der Waals surface area (Å²) < 4.78 is 5.93. The smallest absolute Gasteiger partial charge is 0.0730 e. The summed E-state index contributed by atoms with van der Waals surface area (Å²) in [5.41, 5.74) is 0. The highest BCUT2D eigenvalue weighted by Gasteiger charge is 2.33. The third-order valence-corrected chi connectivity index (χ3v) is 4.44. The van der Waals surface area contributed by atoms with Crippen molar-refractivity contribution >= 4 is 0 Å². The lowest BCUT2D eigenvalue weighted by atomic mass is 9.90. The zero-order chi connectivity index (χ0) is 12.8. The van der Waals surface area contributed by atoms with Crippen molar-refractivity contribution in [2.75, 3.05) is 26.2 Å². The van der Waals surface area contributed by atoms with Gasteiger partial charge in [-0.05, 0) is 39.2 Å². The highest BCUT2D eigenvalue weighted by molar-refractivity contribution is 4.87. The number of rotatable bonds is 6. The van der Waals surface area contributed by atoms with Crippen LogP contribution in [0.2, 0.25) is 0 Å². The Morgan fingerprint density at radius 2 is 2.17 bits per heavy atom. The number of nitrogens with zero attached hydrogens (tertiary/aromatic N) is 1. The molecular formula is C15H30N2O. The van der Waals surface area contributed by atoms with Crippen molar-refractivity contribution < 1.29 is 4.74 Å². The first kappa shape index (κ1) is 14.3. The van der Waals surface area contributed by atoms with E-state index in [-0.39, 0.29) is 0 Å². The van der Waals surface area contributed by atoms with Gasteiger partial charge in [0, 0.05) is 25.2 Å². The number of fused-ring (bicyclic) bond motifs is 1. The summed E-state index contributed by atoms with van der Waals surface area (Å²) in [7, 11) is 0. The van der Waals surface area contributed by atoms with Crippen LogP contribution < -0.4 is 5.32 Å². The van der Waals surface area contributed by atoms with Gasteiger partial charge in [-0.2, -0.15) is 0 Å². The van der Waals surface area contributed by atoms with Gasteiger partial charge >= 0.3 is 0 Å². The lowest BCUT2D eigenvalue weighted by molar-refractivity contribution is -0.0885. The van der Waals surface area contributed by atoms with Crippen LogP contribution >= 0.6 is 0 Å². The normalized spacial score (nSPS) is 31.0. The maximum atomic E-state index is 5.93. The van der Waals surface area contributed by atoms with E-state index in [1.54, 1.807) is 0 Å². The summed E-state index contributed by atoms with van der Waals surface area (Å²) >= 11 is 0. The number of hydrogen-bond acceptors (Lipinski definition) is 3. The fourth-order valence-electron chi connectivity index (χ4n) is 3.31. The lowest BCUT2D eigenvalue weighted by Gasteiger charge is -2.44. The topological polar surface area (TPSA) is 24.5 Å². The Morgan fingerprint density at radius 3 is 3.00 bits per heavy atom. The zero-order valence-corrected chi connectivity index (χ0v) is 12.2. The molecule has 0 spiro atoms. The molecule has 1 saturated heterocycles. The second-order valence-corrected chi connectivity index (χ2v) is 5.94. The van der Waals surface area contributed by atoms with Gasteiger partial charge in [0.05, 0.1) is 12.7 Å². The van der Waals surface area contributed by atoms with E-state index in [4.69, 9.17) is 4.74 Å². The van der Waals surface area contributed by atoms with Crippen molar-refractivity contribution in [2.45, 2.75) is 70.6 Å². The average molecular weight is 254 g/mol. The molecule has 2 rings (SSSR count). The van der Waals surface area contributed by atoms with Crippen molar-refractivity contribution in [1.29, 1.82) is 0 Å². The molecule has 3 heteroatoms. The molecule has 3 atom stereocenters. The Morgan fingerprint density at radius 1 is 1.33 bits per heavy atom. The van der Waals surface area contributed by atoms with Crippen LogP contribution in [0.25, 0.3) is 0 Å². The van der Waals surface area contributed by atoms with Crippen LogP contribution in [0.4, 0.5) is 0 Å². The van der Waals surface area contributed by atoms with Crippen LogP contribution in [0.5, 0.6) is 0 Å². The monoisotopic (exact) mass is 254 g/mol. The van der Waals surface area contributed by atoms with Crippen LogP contribution in [0.15, 0.2) is 0 Å². The van der Waals surface area contributed by atoms with Crippen molar-refractivity contribution in [3.05, 3.63) is 0 Å². The van der Waals surface area contributed by atoms with E-state index in [0.29, 0.717) is 18.2 Å². The minimum atomic E-state index is 0.534. The quantitative estimate of drug-likeness (QED) is 0.788. The standard InChI is InChI=1S/C15H30N2O/c1-3-9-16-13(2)8-10-17-11-12-18-15-7-5-4-6-14(15)17/h13-16H,3-12H2,1-2H3. The average Bonchev–Trinajstić information content (AvgIpc) is 2.42. The van der Waals surface area contributed by atoms with Crippen molar-refractivity contribution in [3.63, 3.8) is 0 Å². The van der Waals surface area contributed by atoms with E-state index in [9.17, 15) is 0 Å². The predicted octanol–water partition coefficient (Wildman–Crippen LogP) is 2.41. The molecule has 3 unspecified atom stereocenters. The van der Waals surface area contributed by atoms with E-state index in [1.807, 2.05) is 0 Å². The zero-order valence-electron chi connectivity index (χ0n) is 12.2. The molecule has 1 aliphatic carbocycles. The Hall–Kier alpha value is -0.120. The van der Waals surface area contributed by atoms with Gasteiger partial charge in [0.1, 0.15) is 0 Å². The van der Waals surface area contributed by atoms with Crippen molar-refractivity contribution in [1.82, 2.24) is 10.2 Å². The van der Waals surface area contributed by atoms with E-state index < -0.39 is 0 Å². The number of hydrogen-bond donors (Lipinski definition) is 1. The van der Waals surface area contributed by atoms with Gasteiger partial charge in [0.2, 0.25) is 0 Å². The molecule has 2 fully saturated rings. The molecule has 18 heavy (non-hydrogen) atoms. The highest BCUT2D eigenvalue weighted by Crippen LogP contribution is 2.28. The first-order valence-corrected chi connectivity index (χ1v) is 7.90. The van der Waals surface area contributed by atoms with E-state index in [0.717, 1.165) is 19.7 Å². The first-order valence-electron chi connectivity index (χ1n) is 7.90. The Bertz CT molecular complexity index is 233. The highest BCUT2D eigenvalue weighted by atomic mass is 16.5. The summed E-state index contributed by atoms with van der Waals surface area (Å²) in [6.45, 7) is 9.01. The fraction of sp³-hybridized carbons (Fsp3) is 1.00. The Balaban J connectivity index is 1.73. The van der Waals surface area contributed by atoms with Crippen molar-refractivity contribution in [3.8, 4) is 0 Å². The summed E-state index contributed by atoms with van der Waals surface area (Å²) in [5.74, 6) is 0. The second kappa shape index (κ2) is 7.46. The third-order valence-electron chi connectivity index (χ3n) is 4.44. The SMILES string of the molecule is CCCNC(C)CCN1CCOC2CCCCC21. The molecule has 1 N–H and O–H groups in total. The molecule has 1 aliphatic heterocycles. The van der Waals surface area contributed by atoms with E-state index in [2.05, 4.69) is 24.1 Å². The molecule has 1 heterocycles. The maximum Gasteiger partial charge on any atom is 0.0730 e. The molecule has 0 aromatic carbocycles. The van der Waals surface area contributed by atoms with Gasteiger partial charge < -0.3 is 10.1 Å². The summed E-state index contributed by atoms with van der Waals surface area (Å²) in [4.78, 5) is 2.69. The van der Waals surface area contributed by atoms with Crippen molar-refractivity contribution in [2.24, 2.45) is 0 Å². The van der Waals surface area contributed by atoms with Gasteiger partial charge in [-0.3, -0.25) is 4.90 Å². The molecule has 0 aromatic heterocycles. The molecule has 0 amide bonds. The molecule has 0 aromatic rings. The number of morpholine rings is 1. The fourth-order valence-corrected chi connectivity index (χ4v) is 3.31. The molecule has 106 valence electrons. The van der Waals surface area contributed by atoms with Gasteiger partial charge in [0.25, 0.3) is 0 Å². The van der Waals surface area contributed by atoms with Crippen LogP contribution in [0, 0.1) is 0 Å². The van der Waals surface area contributed by atoms with Gasteiger partial charge in [-0.15, -0.1) is 0 Å². The maximum absolute atomic E-state index is 5.93.